The van der Waals surface area contributed by atoms with E-state index in [1.807, 2.05) is 0 Å². The summed E-state index contributed by atoms with van der Waals surface area (Å²) < 4.78 is 45.3. The summed E-state index contributed by atoms with van der Waals surface area (Å²) in [6, 6.07) is 8.63. The highest BCUT2D eigenvalue weighted by atomic mass is 32.2. The van der Waals surface area contributed by atoms with Gasteiger partial charge in [-0.3, -0.25) is 9.59 Å². The maximum Gasteiger partial charge on any atom is 0.417 e. The molecular weight excluding hydrogens is 437 g/mol. The third kappa shape index (κ3) is 6.36. The Morgan fingerprint density at radius 3 is 2.13 bits per heavy atom. The Hall–Kier alpha value is -2.78. The summed E-state index contributed by atoms with van der Waals surface area (Å²) in [5.41, 5.74) is -1.53. The van der Waals surface area contributed by atoms with E-state index < -0.39 is 28.4 Å². The van der Waals surface area contributed by atoms with Crippen molar-refractivity contribution in [1.29, 1.82) is 0 Å². The number of ether oxygens (including phenoxy) is 1. The van der Waals surface area contributed by atoms with Crippen LogP contribution >= 0.6 is 23.5 Å². The van der Waals surface area contributed by atoms with Crippen molar-refractivity contribution in [2.45, 2.75) is 22.9 Å². The van der Waals surface area contributed by atoms with Crippen LogP contribution in [0.2, 0.25) is 0 Å². The minimum atomic E-state index is -4.83. The fourth-order valence-corrected chi connectivity index (χ4v) is 3.38. The average molecular weight is 452 g/mol. The molecule has 0 aliphatic rings. The van der Waals surface area contributed by atoms with E-state index in [2.05, 4.69) is 13.2 Å². The number of esters is 1. The Bertz CT molecular complexity index is 1010. The van der Waals surface area contributed by atoms with Crippen LogP contribution in [-0.2, 0) is 15.8 Å². The van der Waals surface area contributed by atoms with Crippen molar-refractivity contribution >= 4 is 39.7 Å². The van der Waals surface area contributed by atoms with Crippen LogP contribution in [0.1, 0.15) is 22.8 Å². The molecule has 2 aromatic rings. The molecule has 0 aliphatic heterocycles. The normalized spacial score (nSPS) is 10.9. The first-order valence-electron chi connectivity index (χ1n) is 8.26. The predicted octanol–water partition coefficient (Wildman–Crippen LogP) is 5.92. The molecule has 0 fully saturated rings. The topological polar surface area (TPSA) is 60.4 Å². The predicted molar refractivity (Wildman–Crippen MR) is 110 cm³/mol. The van der Waals surface area contributed by atoms with Crippen LogP contribution in [0.4, 0.5) is 13.2 Å². The van der Waals surface area contributed by atoms with Gasteiger partial charge in [-0.1, -0.05) is 13.2 Å². The Morgan fingerprint density at radius 2 is 1.60 bits per heavy atom. The molecule has 2 aromatic carbocycles. The lowest BCUT2D eigenvalue weighted by atomic mass is 10.1. The van der Waals surface area contributed by atoms with Gasteiger partial charge < -0.3 is 4.74 Å². The molecule has 156 valence electrons. The fourth-order valence-electron chi connectivity index (χ4n) is 2.09. The number of hydrogen-bond donors (Lipinski definition) is 0. The number of hydrogen-bond acceptors (Lipinski definition) is 6. The second kappa shape index (κ2) is 9.82. The van der Waals surface area contributed by atoms with Crippen molar-refractivity contribution < 1.29 is 32.3 Å². The summed E-state index contributed by atoms with van der Waals surface area (Å²) in [6.45, 7) is 8.37. The maximum atomic E-state index is 13.4. The molecule has 30 heavy (non-hydrogen) atoms. The van der Waals surface area contributed by atoms with Crippen molar-refractivity contribution in [2.24, 2.45) is 0 Å². The first kappa shape index (κ1) is 23.5. The summed E-state index contributed by atoms with van der Waals surface area (Å²) in [7, 11) is 0. The summed E-state index contributed by atoms with van der Waals surface area (Å²) in [6.07, 6.45) is -3.85. The molecule has 0 aliphatic carbocycles. The lowest BCUT2D eigenvalue weighted by Gasteiger charge is -2.13. The Kier molecular flexibility index (Phi) is 7.69. The van der Waals surface area contributed by atoms with E-state index >= 15 is 0 Å². The molecule has 0 radical (unpaired) electrons. The number of thioether (sulfide) groups is 2. The molecule has 0 heterocycles. The van der Waals surface area contributed by atoms with Gasteiger partial charge in [-0.25, -0.2) is 4.79 Å². The number of benzene rings is 2. The summed E-state index contributed by atoms with van der Waals surface area (Å²) in [5, 5.41) is -0.760. The molecule has 4 nitrogen and oxygen atoms in total. The molecule has 9 heteroatoms. The number of alkyl halides is 3. The van der Waals surface area contributed by atoms with Crippen LogP contribution in [0.3, 0.4) is 0 Å². The average Bonchev–Trinajstić information content (AvgIpc) is 2.68. The SMILES string of the molecule is C=CC(=O)Sc1ccc(C(=O)Oc2ccc(SC(=O)C(=C)C)cc2)c(C(F)(F)F)c1. The highest BCUT2D eigenvalue weighted by molar-refractivity contribution is 8.14. The quantitative estimate of drug-likeness (QED) is 0.235. The lowest BCUT2D eigenvalue weighted by molar-refractivity contribution is -0.138. The summed E-state index contributed by atoms with van der Waals surface area (Å²) in [4.78, 5) is 35.9. The zero-order valence-electron chi connectivity index (χ0n) is 15.6. The molecular formula is C21H15F3O4S2. The van der Waals surface area contributed by atoms with Gasteiger partial charge in [0, 0.05) is 9.79 Å². The van der Waals surface area contributed by atoms with Gasteiger partial charge in [0.25, 0.3) is 0 Å². The fraction of sp³-hybridized carbons (Fsp3) is 0.0952. The smallest absolute Gasteiger partial charge is 0.417 e. The molecule has 0 saturated carbocycles. The first-order chi connectivity index (χ1) is 14.0. The van der Waals surface area contributed by atoms with Crippen molar-refractivity contribution in [3.05, 3.63) is 78.4 Å². The van der Waals surface area contributed by atoms with Gasteiger partial charge in [-0.05, 0) is 84.6 Å². The highest BCUT2D eigenvalue weighted by Gasteiger charge is 2.36. The van der Waals surface area contributed by atoms with Crippen molar-refractivity contribution in [3.63, 3.8) is 0 Å². The molecule has 0 amide bonds. The van der Waals surface area contributed by atoms with E-state index in [0.717, 1.165) is 23.9 Å². The second-order valence-electron chi connectivity index (χ2n) is 5.86. The van der Waals surface area contributed by atoms with Gasteiger partial charge in [0.15, 0.2) is 0 Å². The monoisotopic (exact) mass is 452 g/mol. The first-order valence-corrected chi connectivity index (χ1v) is 9.90. The third-order valence-electron chi connectivity index (χ3n) is 3.49. The van der Waals surface area contributed by atoms with E-state index in [4.69, 9.17) is 4.74 Å². The van der Waals surface area contributed by atoms with E-state index in [0.29, 0.717) is 28.3 Å². The van der Waals surface area contributed by atoms with Crippen LogP contribution in [0.5, 0.6) is 5.75 Å². The van der Waals surface area contributed by atoms with Crippen molar-refractivity contribution in [1.82, 2.24) is 0 Å². The number of halogens is 3. The summed E-state index contributed by atoms with van der Waals surface area (Å²) >= 11 is 1.49. The van der Waals surface area contributed by atoms with Gasteiger partial charge in [-0.2, -0.15) is 13.2 Å². The number of carbonyl (C=O) groups excluding carboxylic acids is 3. The van der Waals surface area contributed by atoms with E-state index in [-0.39, 0.29) is 15.8 Å². The molecule has 0 saturated heterocycles. The zero-order chi connectivity index (χ0) is 22.5. The molecule has 0 aromatic heterocycles. The van der Waals surface area contributed by atoms with Gasteiger partial charge >= 0.3 is 12.1 Å². The molecule has 2 rings (SSSR count). The number of carbonyl (C=O) groups is 3. The van der Waals surface area contributed by atoms with Gasteiger partial charge in [0.2, 0.25) is 10.2 Å². The Labute approximate surface area is 179 Å². The summed E-state index contributed by atoms with van der Waals surface area (Å²) in [5.74, 6) is -1.19. The van der Waals surface area contributed by atoms with E-state index in [9.17, 15) is 27.6 Å². The molecule has 0 spiro atoms. The van der Waals surface area contributed by atoms with Crippen LogP contribution in [0, 0.1) is 0 Å². The van der Waals surface area contributed by atoms with E-state index in [1.165, 1.54) is 30.3 Å². The number of rotatable bonds is 6. The largest absolute Gasteiger partial charge is 0.423 e. The van der Waals surface area contributed by atoms with Crippen LogP contribution in [-0.4, -0.2) is 16.2 Å². The minimum absolute atomic E-state index is 0.0144. The van der Waals surface area contributed by atoms with Gasteiger partial charge in [-0.15, -0.1) is 0 Å². The van der Waals surface area contributed by atoms with Gasteiger partial charge in [0.1, 0.15) is 5.75 Å². The third-order valence-corrected chi connectivity index (χ3v) is 5.39. The van der Waals surface area contributed by atoms with Crippen molar-refractivity contribution in [2.75, 3.05) is 0 Å². The van der Waals surface area contributed by atoms with Crippen LogP contribution in [0.25, 0.3) is 0 Å². The molecule has 0 bridgehead atoms. The lowest BCUT2D eigenvalue weighted by Crippen LogP contribution is -2.17. The Balaban J connectivity index is 2.23. The molecule has 0 unspecified atom stereocenters. The van der Waals surface area contributed by atoms with Crippen LogP contribution in [0.15, 0.2) is 77.1 Å². The van der Waals surface area contributed by atoms with Gasteiger partial charge in [0.05, 0.1) is 11.1 Å². The zero-order valence-corrected chi connectivity index (χ0v) is 17.2. The second-order valence-corrected chi connectivity index (χ2v) is 7.99. The maximum absolute atomic E-state index is 13.4. The minimum Gasteiger partial charge on any atom is -0.423 e. The van der Waals surface area contributed by atoms with E-state index in [1.54, 1.807) is 6.92 Å². The standard InChI is InChI=1S/C21H15F3O4S2/c1-4-18(25)29-15-9-10-16(17(11-15)21(22,23)24)19(26)28-13-5-7-14(8-6-13)30-20(27)12(2)3/h4-11H,1-2H2,3H3. The molecule has 0 atom stereocenters. The molecule has 0 N–H and O–H groups in total. The van der Waals surface area contributed by atoms with Crippen molar-refractivity contribution in [3.8, 4) is 5.75 Å². The van der Waals surface area contributed by atoms with Crippen LogP contribution < -0.4 is 4.74 Å². The highest BCUT2D eigenvalue weighted by Crippen LogP contribution is 2.35. The Morgan fingerprint density at radius 1 is 1.00 bits per heavy atom.